The van der Waals surface area contributed by atoms with Gasteiger partial charge in [0.25, 0.3) is 0 Å². The fourth-order valence-corrected chi connectivity index (χ4v) is 2.82. The lowest BCUT2D eigenvalue weighted by atomic mass is 9.96. The molecule has 0 atom stereocenters. The second-order valence-corrected chi connectivity index (χ2v) is 6.13. The van der Waals surface area contributed by atoms with Gasteiger partial charge in [-0.05, 0) is 12.5 Å². The van der Waals surface area contributed by atoms with Crippen molar-refractivity contribution in [2.45, 2.75) is 20.0 Å². The number of hydrogen-bond acceptors (Lipinski definition) is 7. The molecule has 1 heterocycles. The Hall–Kier alpha value is -2.09. The highest BCUT2D eigenvalue weighted by Gasteiger charge is 2.34. The first-order valence-electron chi connectivity index (χ1n) is 6.02. The van der Waals surface area contributed by atoms with Crippen molar-refractivity contribution in [3.05, 3.63) is 22.3 Å². The Labute approximate surface area is 121 Å². The maximum Gasteiger partial charge on any atom is 0.342 e. The van der Waals surface area contributed by atoms with Gasteiger partial charge < -0.3 is 18.5 Å². The normalized spacial score (nSPS) is 13.6. The van der Waals surface area contributed by atoms with E-state index in [1.165, 1.54) is 7.11 Å². The zero-order valence-electron chi connectivity index (χ0n) is 11.8. The summed E-state index contributed by atoms with van der Waals surface area (Å²) >= 11 is 0. The summed E-state index contributed by atoms with van der Waals surface area (Å²) in [4.78, 5) is 22.7. The van der Waals surface area contributed by atoms with E-state index >= 15 is 0 Å². The van der Waals surface area contributed by atoms with Crippen molar-refractivity contribution in [3.63, 3.8) is 0 Å². The molecular weight excluding hydrogens is 300 g/mol. The molecular formula is C13H14O7S. The van der Waals surface area contributed by atoms with Gasteiger partial charge in [-0.3, -0.25) is 0 Å². The van der Waals surface area contributed by atoms with Crippen LogP contribution in [0.25, 0.3) is 0 Å². The van der Waals surface area contributed by atoms with Gasteiger partial charge in [0.15, 0.2) is 5.75 Å². The molecule has 2 rings (SSSR count). The molecule has 0 saturated carbocycles. The number of hydrogen-bond donors (Lipinski definition) is 0. The minimum Gasteiger partial charge on any atom is -0.496 e. The van der Waals surface area contributed by atoms with Gasteiger partial charge in [-0.15, -0.1) is 0 Å². The average molecular weight is 314 g/mol. The van der Waals surface area contributed by atoms with E-state index in [9.17, 15) is 18.0 Å². The Morgan fingerprint density at radius 2 is 2.00 bits per heavy atom. The maximum atomic E-state index is 11.9. The van der Waals surface area contributed by atoms with Gasteiger partial charge in [0.05, 0.1) is 13.4 Å². The highest BCUT2D eigenvalue weighted by atomic mass is 32.2. The fourth-order valence-electron chi connectivity index (χ4n) is 2.34. The summed E-state index contributed by atoms with van der Waals surface area (Å²) in [6, 6.07) is 0. The molecule has 7 nitrogen and oxygen atoms in total. The third kappa shape index (κ3) is 2.71. The number of ether oxygens (including phenoxy) is 2. The standard InChI is InChI=1S/C13H14O7S/c1-7-9-6-19-13(15)10(9)12(20-21(3,16)17)8(4-5-14)11(7)18-2/h5H,4,6H2,1-3H3. The van der Waals surface area contributed by atoms with Crippen molar-refractivity contribution in [3.8, 4) is 11.5 Å². The monoisotopic (exact) mass is 314 g/mol. The minimum atomic E-state index is -3.88. The average Bonchev–Trinajstić information content (AvgIpc) is 2.76. The number of benzene rings is 1. The first-order chi connectivity index (χ1) is 9.80. The van der Waals surface area contributed by atoms with Crippen molar-refractivity contribution in [1.82, 2.24) is 0 Å². The topological polar surface area (TPSA) is 96.0 Å². The lowest BCUT2D eigenvalue weighted by Gasteiger charge is -2.17. The van der Waals surface area contributed by atoms with Crippen LogP contribution < -0.4 is 8.92 Å². The largest absolute Gasteiger partial charge is 0.496 e. The van der Waals surface area contributed by atoms with E-state index in [0.29, 0.717) is 23.2 Å². The van der Waals surface area contributed by atoms with Crippen LogP contribution in [0.1, 0.15) is 27.0 Å². The SMILES string of the molecule is COc1c(C)c2c(c(OS(C)(=O)=O)c1CC=O)C(=O)OC2. The third-order valence-electron chi connectivity index (χ3n) is 3.15. The van der Waals surface area contributed by atoms with Crippen LogP contribution in [0, 0.1) is 6.92 Å². The number of carbonyl (C=O) groups is 2. The van der Waals surface area contributed by atoms with Crippen molar-refractivity contribution in [2.75, 3.05) is 13.4 Å². The predicted octanol–water partition coefficient (Wildman–Crippen LogP) is 0.754. The molecule has 1 aliphatic rings. The Morgan fingerprint density at radius 3 is 2.52 bits per heavy atom. The summed E-state index contributed by atoms with van der Waals surface area (Å²) in [6.45, 7) is 1.72. The molecule has 1 aromatic rings. The lowest BCUT2D eigenvalue weighted by Crippen LogP contribution is -2.13. The lowest BCUT2D eigenvalue weighted by molar-refractivity contribution is -0.107. The van der Waals surface area contributed by atoms with Gasteiger partial charge in [0.1, 0.15) is 24.2 Å². The molecule has 0 spiro atoms. The molecule has 0 amide bonds. The number of fused-ring (bicyclic) bond motifs is 1. The maximum absolute atomic E-state index is 11.9. The second kappa shape index (κ2) is 5.36. The molecule has 0 saturated heterocycles. The fraction of sp³-hybridized carbons (Fsp3) is 0.385. The Bertz CT molecular complexity index is 719. The third-order valence-corrected chi connectivity index (χ3v) is 3.62. The Morgan fingerprint density at radius 1 is 1.33 bits per heavy atom. The quantitative estimate of drug-likeness (QED) is 0.449. The van der Waals surface area contributed by atoms with Crippen molar-refractivity contribution >= 4 is 22.4 Å². The summed E-state index contributed by atoms with van der Waals surface area (Å²) in [7, 11) is -2.49. The molecule has 0 aromatic heterocycles. The van der Waals surface area contributed by atoms with E-state index < -0.39 is 16.1 Å². The zero-order chi connectivity index (χ0) is 15.8. The van der Waals surface area contributed by atoms with E-state index in [2.05, 4.69) is 0 Å². The van der Waals surface area contributed by atoms with Crippen LogP contribution in [-0.4, -0.2) is 34.0 Å². The highest BCUT2D eigenvalue weighted by molar-refractivity contribution is 7.86. The van der Waals surface area contributed by atoms with Crippen molar-refractivity contribution in [1.29, 1.82) is 0 Å². The summed E-state index contributed by atoms with van der Waals surface area (Å²) in [5, 5.41) is 0. The van der Waals surface area contributed by atoms with Crippen LogP contribution in [0.3, 0.4) is 0 Å². The van der Waals surface area contributed by atoms with E-state index in [4.69, 9.17) is 13.7 Å². The van der Waals surface area contributed by atoms with E-state index in [1.54, 1.807) is 6.92 Å². The van der Waals surface area contributed by atoms with E-state index in [-0.39, 0.29) is 29.9 Å². The van der Waals surface area contributed by atoms with Crippen LogP contribution in [0.15, 0.2) is 0 Å². The zero-order valence-corrected chi connectivity index (χ0v) is 12.6. The Kier molecular flexibility index (Phi) is 3.91. The molecule has 0 unspecified atom stereocenters. The number of cyclic esters (lactones) is 1. The van der Waals surface area contributed by atoms with Gasteiger partial charge in [-0.2, -0.15) is 8.42 Å². The molecule has 0 N–H and O–H groups in total. The molecule has 0 radical (unpaired) electrons. The van der Waals surface area contributed by atoms with E-state index in [1.807, 2.05) is 0 Å². The van der Waals surface area contributed by atoms with E-state index in [0.717, 1.165) is 6.26 Å². The summed E-state index contributed by atoms with van der Waals surface area (Å²) in [5.41, 5.74) is 1.38. The first-order valence-corrected chi connectivity index (χ1v) is 7.84. The van der Waals surface area contributed by atoms with Gasteiger partial charge in [-0.25, -0.2) is 4.79 Å². The molecule has 1 aromatic carbocycles. The molecule has 0 aliphatic carbocycles. The molecule has 21 heavy (non-hydrogen) atoms. The van der Waals surface area contributed by atoms with Crippen LogP contribution in [0.2, 0.25) is 0 Å². The number of rotatable bonds is 5. The van der Waals surface area contributed by atoms with Crippen LogP contribution in [0.4, 0.5) is 0 Å². The first kappa shape index (κ1) is 15.3. The van der Waals surface area contributed by atoms with Crippen molar-refractivity contribution < 1.29 is 31.7 Å². The van der Waals surface area contributed by atoms with Gasteiger partial charge in [0.2, 0.25) is 0 Å². The van der Waals surface area contributed by atoms with Gasteiger partial charge in [-0.1, -0.05) is 0 Å². The molecule has 0 fully saturated rings. The smallest absolute Gasteiger partial charge is 0.342 e. The van der Waals surface area contributed by atoms with Gasteiger partial charge >= 0.3 is 16.1 Å². The molecule has 114 valence electrons. The number of esters is 1. The summed E-state index contributed by atoms with van der Waals surface area (Å²) in [6.07, 6.45) is 1.30. The highest BCUT2D eigenvalue weighted by Crippen LogP contribution is 2.42. The number of methoxy groups -OCH3 is 1. The number of carbonyl (C=O) groups excluding carboxylic acids is 2. The van der Waals surface area contributed by atoms with Crippen LogP contribution >= 0.6 is 0 Å². The Balaban J connectivity index is 2.83. The second-order valence-electron chi connectivity index (χ2n) is 4.55. The van der Waals surface area contributed by atoms with Crippen LogP contribution in [0.5, 0.6) is 11.5 Å². The van der Waals surface area contributed by atoms with Gasteiger partial charge in [0, 0.05) is 17.5 Å². The summed E-state index contributed by atoms with van der Waals surface area (Å²) < 4.78 is 38.0. The number of aldehydes is 1. The van der Waals surface area contributed by atoms with Crippen molar-refractivity contribution in [2.24, 2.45) is 0 Å². The summed E-state index contributed by atoms with van der Waals surface area (Å²) in [5.74, 6) is -0.552. The predicted molar refractivity (Wildman–Crippen MR) is 72.1 cm³/mol. The molecule has 1 aliphatic heterocycles. The van der Waals surface area contributed by atoms with Crippen LogP contribution in [-0.2, 0) is 32.7 Å². The minimum absolute atomic E-state index is 0.0118. The molecule has 8 heteroatoms. The molecule has 0 bridgehead atoms.